The molecule has 0 aliphatic carbocycles. The molecule has 0 fully saturated rings. The summed E-state index contributed by atoms with van der Waals surface area (Å²) < 4.78 is 25.6. The molecule has 0 bridgehead atoms. The van der Waals surface area contributed by atoms with Crippen molar-refractivity contribution in [3.05, 3.63) is 29.3 Å². The summed E-state index contributed by atoms with van der Waals surface area (Å²) in [5.74, 6) is 0.140. The molecule has 0 amide bonds. The molecule has 120 valence electrons. The average Bonchev–Trinajstić information content (AvgIpc) is 2.36. The number of sulfone groups is 1. The molecule has 3 nitrogen and oxygen atoms in total. The monoisotopic (exact) mass is 311 g/mol. The standard InChI is InChI=1S/C17H29NO2S/c1-7-10-18-16(17(4,5)6)12-21(19,20)15-11-13(2)8-9-14(15)3/h8-9,11,16,18H,7,10,12H2,1-6H3. The van der Waals surface area contributed by atoms with Gasteiger partial charge in [0.1, 0.15) is 0 Å². The third-order valence-electron chi connectivity index (χ3n) is 3.75. The first kappa shape index (κ1) is 18.2. The van der Waals surface area contributed by atoms with Crippen LogP contribution < -0.4 is 5.32 Å². The summed E-state index contributed by atoms with van der Waals surface area (Å²) in [6, 6.07) is 5.56. The lowest BCUT2D eigenvalue weighted by molar-refractivity contribution is 0.288. The second-order valence-electron chi connectivity index (χ2n) is 6.92. The molecule has 1 rings (SSSR count). The maximum absolute atomic E-state index is 12.8. The molecule has 1 aromatic rings. The lowest BCUT2D eigenvalue weighted by Crippen LogP contribution is -2.45. The fourth-order valence-electron chi connectivity index (χ4n) is 2.29. The lowest BCUT2D eigenvalue weighted by atomic mass is 9.88. The predicted molar refractivity (Wildman–Crippen MR) is 89.5 cm³/mol. The van der Waals surface area contributed by atoms with E-state index < -0.39 is 9.84 Å². The molecule has 0 aliphatic rings. The van der Waals surface area contributed by atoms with Crippen molar-refractivity contribution in [3.8, 4) is 0 Å². The summed E-state index contributed by atoms with van der Waals surface area (Å²) in [7, 11) is -3.29. The highest BCUT2D eigenvalue weighted by Crippen LogP contribution is 2.25. The van der Waals surface area contributed by atoms with E-state index in [-0.39, 0.29) is 17.2 Å². The van der Waals surface area contributed by atoms with Gasteiger partial charge in [-0.1, -0.05) is 39.8 Å². The highest BCUT2D eigenvalue weighted by atomic mass is 32.2. The molecule has 0 saturated heterocycles. The zero-order valence-electron chi connectivity index (χ0n) is 14.2. The van der Waals surface area contributed by atoms with E-state index in [1.165, 1.54) is 0 Å². The van der Waals surface area contributed by atoms with Crippen LogP contribution in [-0.4, -0.2) is 26.8 Å². The van der Waals surface area contributed by atoms with E-state index in [1.807, 2.05) is 26.0 Å². The zero-order valence-corrected chi connectivity index (χ0v) is 15.0. The topological polar surface area (TPSA) is 46.2 Å². The first-order valence-electron chi connectivity index (χ1n) is 7.61. The second-order valence-corrected chi connectivity index (χ2v) is 8.93. The largest absolute Gasteiger partial charge is 0.312 e. The normalized spacial score (nSPS) is 14.2. The van der Waals surface area contributed by atoms with E-state index >= 15 is 0 Å². The van der Waals surface area contributed by atoms with Crippen molar-refractivity contribution in [2.24, 2.45) is 5.41 Å². The van der Waals surface area contributed by atoms with Crippen molar-refractivity contribution < 1.29 is 8.42 Å². The third-order valence-corrected chi connectivity index (χ3v) is 5.63. The maximum Gasteiger partial charge on any atom is 0.180 e. The van der Waals surface area contributed by atoms with Gasteiger partial charge in [0.05, 0.1) is 10.6 Å². The van der Waals surface area contributed by atoms with Crippen LogP contribution in [0.1, 0.15) is 45.2 Å². The van der Waals surface area contributed by atoms with Gasteiger partial charge in [-0.25, -0.2) is 8.42 Å². The van der Waals surface area contributed by atoms with Gasteiger partial charge < -0.3 is 5.32 Å². The molecule has 1 aromatic carbocycles. The fourth-order valence-corrected chi connectivity index (χ4v) is 4.45. The zero-order chi connectivity index (χ0) is 16.3. The average molecular weight is 311 g/mol. The number of aryl methyl sites for hydroxylation is 2. The summed E-state index contributed by atoms with van der Waals surface area (Å²) in [4.78, 5) is 0.468. The Hall–Kier alpha value is -0.870. The molecule has 0 heterocycles. The van der Waals surface area contributed by atoms with E-state index in [4.69, 9.17) is 0 Å². The van der Waals surface area contributed by atoms with Gasteiger partial charge in [0, 0.05) is 6.04 Å². The Morgan fingerprint density at radius 1 is 1.19 bits per heavy atom. The van der Waals surface area contributed by atoms with Gasteiger partial charge in [-0.05, 0) is 49.4 Å². The molecule has 0 saturated carbocycles. The van der Waals surface area contributed by atoms with Gasteiger partial charge in [0.2, 0.25) is 0 Å². The molecule has 1 unspecified atom stereocenters. The number of benzene rings is 1. The van der Waals surface area contributed by atoms with Crippen LogP contribution in [0.3, 0.4) is 0 Å². The Balaban J connectivity index is 3.08. The molecule has 0 spiro atoms. The highest BCUT2D eigenvalue weighted by molar-refractivity contribution is 7.91. The van der Waals surface area contributed by atoms with Crippen molar-refractivity contribution in [3.63, 3.8) is 0 Å². The molecule has 0 radical (unpaired) electrons. The summed E-state index contributed by atoms with van der Waals surface area (Å²) in [6.07, 6.45) is 0.996. The lowest BCUT2D eigenvalue weighted by Gasteiger charge is -2.31. The van der Waals surface area contributed by atoms with Gasteiger partial charge in [-0.2, -0.15) is 0 Å². The first-order chi connectivity index (χ1) is 9.58. The van der Waals surface area contributed by atoms with Crippen LogP contribution in [0.4, 0.5) is 0 Å². The predicted octanol–water partition coefficient (Wildman–Crippen LogP) is 3.49. The van der Waals surface area contributed by atoms with Crippen LogP contribution in [0.15, 0.2) is 23.1 Å². The minimum Gasteiger partial charge on any atom is -0.312 e. The Kier molecular flexibility index (Phi) is 6.00. The Morgan fingerprint density at radius 3 is 2.33 bits per heavy atom. The van der Waals surface area contributed by atoms with Crippen LogP contribution in [0.5, 0.6) is 0 Å². The SMILES string of the molecule is CCCNC(CS(=O)(=O)c1cc(C)ccc1C)C(C)(C)C. The van der Waals surface area contributed by atoms with Crippen LogP contribution in [0, 0.1) is 19.3 Å². The fraction of sp³-hybridized carbons (Fsp3) is 0.647. The van der Waals surface area contributed by atoms with Crippen molar-refractivity contribution in [2.45, 2.75) is 58.9 Å². The molecule has 0 aliphatic heterocycles. The minimum atomic E-state index is -3.29. The Labute approximate surface area is 130 Å². The maximum atomic E-state index is 12.8. The molecule has 21 heavy (non-hydrogen) atoms. The number of nitrogens with one attached hydrogen (secondary N) is 1. The van der Waals surface area contributed by atoms with E-state index in [9.17, 15) is 8.42 Å². The third kappa shape index (κ3) is 5.11. The first-order valence-corrected chi connectivity index (χ1v) is 9.26. The van der Waals surface area contributed by atoms with Crippen LogP contribution >= 0.6 is 0 Å². The van der Waals surface area contributed by atoms with E-state index in [0.717, 1.165) is 24.1 Å². The molecule has 4 heteroatoms. The molecule has 1 N–H and O–H groups in total. The van der Waals surface area contributed by atoms with Gasteiger partial charge >= 0.3 is 0 Å². The number of hydrogen-bond acceptors (Lipinski definition) is 3. The summed E-state index contributed by atoms with van der Waals surface area (Å²) in [5.41, 5.74) is 1.71. The highest BCUT2D eigenvalue weighted by Gasteiger charge is 2.30. The Morgan fingerprint density at radius 2 is 1.81 bits per heavy atom. The molecular formula is C17H29NO2S. The summed E-state index contributed by atoms with van der Waals surface area (Å²) in [6.45, 7) is 13.0. The van der Waals surface area contributed by atoms with Crippen molar-refractivity contribution in [1.82, 2.24) is 5.32 Å². The number of rotatable bonds is 6. The minimum absolute atomic E-state index is 0.0534. The molecule has 1 atom stereocenters. The van der Waals surface area contributed by atoms with Gasteiger partial charge in [-0.15, -0.1) is 0 Å². The van der Waals surface area contributed by atoms with Crippen molar-refractivity contribution in [1.29, 1.82) is 0 Å². The van der Waals surface area contributed by atoms with Crippen LogP contribution in [0.25, 0.3) is 0 Å². The summed E-state index contributed by atoms with van der Waals surface area (Å²) >= 11 is 0. The van der Waals surface area contributed by atoms with E-state index in [1.54, 1.807) is 6.07 Å². The van der Waals surface area contributed by atoms with Crippen molar-refractivity contribution in [2.75, 3.05) is 12.3 Å². The van der Waals surface area contributed by atoms with E-state index in [2.05, 4.69) is 33.0 Å². The molecule has 0 aromatic heterocycles. The Bertz CT molecular complexity index is 571. The van der Waals surface area contributed by atoms with Crippen LogP contribution in [0.2, 0.25) is 0 Å². The smallest absolute Gasteiger partial charge is 0.180 e. The van der Waals surface area contributed by atoms with Gasteiger partial charge in [0.25, 0.3) is 0 Å². The second kappa shape index (κ2) is 6.93. The molecular weight excluding hydrogens is 282 g/mol. The van der Waals surface area contributed by atoms with Gasteiger partial charge in [-0.3, -0.25) is 0 Å². The van der Waals surface area contributed by atoms with E-state index in [0.29, 0.717) is 4.90 Å². The summed E-state index contributed by atoms with van der Waals surface area (Å²) in [5, 5.41) is 3.39. The van der Waals surface area contributed by atoms with Crippen molar-refractivity contribution >= 4 is 9.84 Å². The van der Waals surface area contributed by atoms with Crippen LogP contribution in [-0.2, 0) is 9.84 Å². The quantitative estimate of drug-likeness (QED) is 0.874. The van der Waals surface area contributed by atoms with Gasteiger partial charge in [0.15, 0.2) is 9.84 Å². The number of hydrogen-bond donors (Lipinski definition) is 1.